The smallest absolute Gasteiger partial charge is 0.196 e. The Labute approximate surface area is 147 Å². The Balaban J connectivity index is 2.31. The number of Topliss-reactive ketones (excluding diaryl/α,β-unsaturated/α-hetero) is 1. The maximum atomic E-state index is 12.7. The molecule has 0 spiro atoms. The molecule has 124 valence electrons. The number of nitrogens with zero attached hydrogens (tertiary/aromatic N) is 2. The zero-order valence-corrected chi connectivity index (χ0v) is 14.5. The Hall–Kier alpha value is -2.90. The Morgan fingerprint density at radius 1 is 1.12 bits per heavy atom. The number of carbonyl (C=O) groups excluding carboxylic acids is 2. The molecule has 2 unspecified atom stereocenters. The third kappa shape index (κ3) is 2.00. The van der Waals surface area contributed by atoms with E-state index < -0.39 is 16.2 Å². The SMILES string of the molecule is C#C[C@]12C=C(C#N)C(=O)C=C1C1(C)C=C(C#N)C(=O)C(C)(C)C1CC2. The molecule has 0 aliphatic heterocycles. The number of terminal acetylenes is 1. The van der Waals surface area contributed by atoms with Crippen molar-refractivity contribution in [2.24, 2.45) is 22.2 Å². The maximum Gasteiger partial charge on any atom is 0.196 e. The van der Waals surface area contributed by atoms with Gasteiger partial charge < -0.3 is 0 Å². The maximum absolute atomic E-state index is 12.7. The summed E-state index contributed by atoms with van der Waals surface area (Å²) in [7, 11) is 0. The summed E-state index contributed by atoms with van der Waals surface area (Å²) in [6.07, 6.45) is 11.8. The number of hydrogen-bond acceptors (Lipinski definition) is 4. The molecule has 0 aromatic heterocycles. The van der Waals surface area contributed by atoms with E-state index in [2.05, 4.69) is 5.92 Å². The number of rotatable bonds is 0. The standard InChI is InChI=1S/C21H18N2O2/c1-5-21-7-6-16-19(2,3)18(25)14(12-23)9-20(16,4)17(21)8-15(24)13(10-21)11-22/h1,8-10,16H,6-7H2,2-4H3/t16?,20?,21-/m0/s1. The minimum atomic E-state index is -0.822. The first kappa shape index (κ1) is 16.9. The summed E-state index contributed by atoms with van der Waals surface area (Å²) in [5.41, 5.74) is -1.34. The third-order valence-electron chi connectivity index (χ3n) is 6.19. The molecule has 3 aliphatic carbocycles. The van der Waals surface area contributed by atoms with Gasteiger partial charge in [-0.1, -0.05) is 32.8 Å². The van der Waals surface area contributed by atoms with Crippen LogP contribution >= 0.6 is 0 Å². The van der Waals surface area contributed by atoms with Gasteiger partial charge in [0.2, 0.25) is 0 Å². The minimum Gasteiger partial charge on any atom is -0.293 e. The normalized spacial score (nSPS) is 35.7. The summed E-state index contributed by atoms with van der Waals surface area (Å²) in [4.78, 5) is 25.0. The molecule has 0 radical (unpaired) electrons. The molecule has 3 atom stereocenters. The van der Waals surface area contributed by atoms with Crippen molar-refractivity contribution in [3.8, 4) is 24.5 Å². The molecule has 25 heavy (non-hydrogen) atoms. The van der Waals surface area contributed by atoms with Crippen LogP contribution in [0.1, 0.15) is 33.6 Å². The highest BCUT2D eigenvalue weighted by molar-refractivity contribution is 6.09. The van der Waals surface area contributed by atoms with E-state index in [9.17, 15) is 20.1 Å². The van der Waals surface area contributed by atoms with Crippen molar-refractivity contribution in [1.29, 1.82) is 10.5 Å². The molecule has 3 rings (SSSR count). The van der Waals surface area contributed by atoms with Crippen LogP contribution in [0, 0.1) is 57.2 Å². The lowest BCUT2D eigenvalue weighted by Gasteiger charge is -2.56. The molecule has 1 saturated carbocycles. The van der Waals surface area contributed by atoms with E-state index in [4.69, 9.17) is 6.42 Å². The Kier molecular flexibility index (Phi) is 3.42. The summed E-state index contributed by atoms with van der Waals surface area (Å²) >= 11 is 0. The van der Waals surface area contributed by atoms with E-state index in [1.165, 1.54) is 6.08 Å². The van der Waals surface area contributed by atoms with Gasteiger partial charge in [0.05, 0.1) is 16.6 Å². The van der Waals surface area contributed by atoms with Gasteiger partial charge in [-0.05, 0) is 36.5 Å². The number of allylic oxidation sites excluding steroid dienone is 6. The highest BCUT2D eigenvalue weighted by Gasteiger charge is 2.59. The van der Waals surface area contributed by atoms with Gasteiger partial charge in [-0.25, -0.2) is 0 Å². The van der Waals surface area contributed by atoms with Crippen LogP contribution in [0.15, 0.2) is 34.9 Å². The summed E-state index contributed by atoms with van der Waals surface area (Å²) in [5, 5.41) is 18.6. The molecule has 0 saturated heterocycles. The summed E-state index contributed by atoms with van der Waals surface area (Å²) in [6, 6.07) is 3.93. The van der Waals surface area contributed by atoms with E-state index in [1.807, 2.05) is 32.9 Å². The highest BCUT2D eigenvalue weighted by atomic mass is 16.1. The van der Waals surface area contributed by atoms with E-state index in [-0.39, 0.29) is 28.6 Å². The zero-order valence-electron chi connectivity index (χ0n) is 14.5. The van der Waals surface area contributed by atoms with Crippen LogP contribution in [0.2, 0.25) is 0 Å². The Bertz CT molecular complexity index is 926. The number of carbonyl (C=O) groups is 2. The largest absolute Gasteiger partial charge is 0.293 e. The van der Waals surface area contributed by atoms with Crippen molar-refractivity contribution in [2.45, 2.75) is 33.6 Å². The molecule has 0 aromatic rings. The van der Waals surface area contributed by atoms with Gasteiger partial charge in [0, 0.05) is 10.8 Å². The Morgan fingerprint density at radius 3 is 2.32 bits per heavy atom. The molecule has 0 N–H and O–H groups in total. The van der Waals surface area contributed by atoms with Crippen molar-refractivity contribution >= 4 is 11.6 Å². The first-order valence-electron chi connectivity index (χ1n) is 8.22. The molecular weight excluding hydrogens is 312 g/mol. The fourth-order valence-electron chi connectivity index (χ4n) is 4.96. The van der Waals surface area contributed by atoms with E-state index in [1.54, 1.807) is 12.2 Å². The summed E-state index contributed by atoms with van der Waals surface area (Å²) in [5.74, 6) is 2.19. The second-order valence-corrected chi connectivity index (χ2v) is 7.80. The van der Waals surface area contributed by atoms with Crippen molar-refractivity contribution in [3.05, 3.63) is 34.9 Å². The van der Waals surface area contributed by atoms with Crippen LogP contribution in [0.25, 0.3) is 0 Å². The third-order valence-corrected chi connectivity index (χ3v) is 6.19. The zero-order chi connectivity index (χ0) is 18.6. The number of ketones is 2. The van der Waals surface area contributed by atoms with Crippen LogP contribution in [0.3, 0.4) is 0 Å². The van der Waals surface area contributed by atoms with Gasteiger partial charge in [0.15, 0.2) is 11.6 Å². The molecule has 4 nitrogen and oxygen atoms in total. The van der Waals surface area contributed by atoms with Gasteiger partial charge in [-0.2, -0.15) is 10.5 Å². The fourth-order valence-corrected chi connectivity index (χ4v) is 4.96. The lowest BCUT2D eigenvalue weighted by molar-refractivity contribution is -0.130. The molecule has 1 fully saturated rings. The number of nitriles is 2. The lowest BCUT2D eigenvalue weighted by Crippen LogP contribution is -2.53. The topological polar surface area (TPSA) is 81.7 Å². The van der Waals surface area contributed by atoms with Crippen molar-refractivity contribution < 1.29 is 9.59 Å². The van der Waals surface area contributed by atoms with Crippen LogP contribution in [-0.2, 0) is 9.59 Å². The summed E-state index contributed by atoms with van der Waals surface area (Å²) in [6.45, 7) is 5.65. The lowest BCUT2D eigenvalue weighted by atomic mass is 9.45. The molecule has 0 amide bonds. The molecule has 0 aromatic carbocycles. The molecule has 0 heterocycles. The van der Waals surface area contributed by atoms with Crippen LogP contribution in [-0.4, -0.2) is 11.6 Å². The van der Waals surface area contributed by atoms with Gasteiger partial charge >= 0.3 is 0 Å². The number of fused-ring (bicyclic) bond motifs is 3. The first-order valence-corrected chi connectivity index (χ1v) is 8.22. The predicted molar refractivity (Wildman–Crippen MR) is 91.4 cm³/mol. The van der Waals surface area contributed by atoms with E-state index in [0.29, 0.717) is 12.8 Å². The quantitative estimate of drug-likeness (QED) is 0.639. The minimum absolute atomic E-state index is 0.0550. The monoisotopic (exact) mass is 330 g/mol. The van der Waals surface area contributed by atoms with Gasteiger partial charge in [-0.3, -0.25) is 9.59 Å². The fraction of sp³-hybridized carbons (Fsp3) is 0.429. The van der Waals surface area contributed by atoms with Gasteiger partial charge in [-0.15, -0.1) is 6.42 Å². The van der Waals surface area contributed by atoms with E-state index >= 15 is 0 Å². The van der Waals surface area contributed by atoms with Crippen LogP contribution < -0.4 is 0 Å². The highest BCUT2D eigenvalue weighted by Crippen LogP contribution is 2.63. The predicted octanol–water partition coefficient (Wildman–Crippen LogP) is 3.04. The van der Waals surface area contributed by atoms with E-state index in [0.717, 1.165) is 5.57 Å². The molecule has 0 bridgehead atoms. The van der Waals surface area contributed by atoms with Crippen molar-refractivity contribution in [2.75, 3.05) is 0 Å². The van der Waals surface area contributed by atoms with Crippen molar-refractivity contribution in [1.82, 2.24) is 0 Å². The molecule has 3 aliphatic rings. The van der Waals surface area contributed by atoms with Gasteiger partial charge in [0.1, 0.15) is 12.1 Å². The average molecular weight is 330 g/mol. The second-order valence-electron chi connectivity index (χ2n) is 7.80. The average Bonchev–Trinajstić information content (AvgIpc) is 2.58. The number of hydrogen-bond donors (Lipinski definition) is 0. The first-order chi connectivity index (χ1) is 11.7. The Morgan fingerprint density at radius 2 is 1.76 bits per heavy atom. The van der Waals surface area contributed by atoms with Crippen molar-refractivity contribution in [3.63, 3.8) is 0 Å². The van der Waals surface area contributed by atoms with Crippen LogP contribution in [0.4, 0.5) is 0 Å². The van der Waals surface area contributed by atoms with Gasteiger partial charge in [0.25, 0.3) is 0 Å². The second kappa shape index (κ2) is 5.05. The summed E-state index contributed by atoms with van der Waals surface area (Å²) < 4.78 is 0. The molecule has 4 heteroatoms. The van der Waals surface area contributed by atoms with Crippen LogP contribution in [0.5, 0.6) is 0 Å². The molecular formula is C21H18N2O2.